The fourth-order valence-corrected chi connectivity index (χ4v) is 7.15. The summed E-state index contributed by atoms with van der Waals surface area (Å²) < 4.78 is 2.28. The molecular formula is C21H24N4S. The SMILES string of the molecule is Nc1ccc(-c2csc3nc(C45CC6CCCC(C4)C(C6)C5)cn23)cn1. The number of aromatic nitrogens is 3. The molecule has 3 saturated carbocycles. The van der Waals surface area contributed by atoms with E-state index < -0.39 is 0 Å². The Kier molecular flexibility index (Phi) is 3.11. The highest BCUT2D eigenvalue weighted by atomic mass is 32.1. The summed E-state index contributed by atoms with van der Waals surface area (Å²) in [6.45, 7) is 0. The number of hydrogen-bond donors (Lipinski definition) is 1. The fraction of sp³-hybridized carbons (Fsp3) is 0.524. The van der Waals surface area contributed by atoms with Crippen LogP contribution in [0.15, 0.2) is 29.9 Å². The Bertz CT molecular complexity index is 968. The first-order valence-electron chi connectivity index (χ1n) is 9.89. The molecule has 0 spiro atoms. The third-order valence-corrected chi connectivity index (χ3v) is 8.15. The van der Waals surface area contributed by atoms with Gasteiger partial charge in [0.15, 0.2) is 4.96 Å². The maximum Gasteiger partial charge on any atom is 0.194 e. The Labute approximate surface area is 157 Å². The number of anilines is 1. The van der Waals surface area contributed by atoms with Gasteiger partial charge < -0.3 is 5.73 Å². The zero-order chi connectivity index (χ0) is 17.3. The molecule has 134 valence electrons. The van der Waals surface area contributed by atoms with E-state index in [2.05, 4.69) is 27.0 Å². The second kappa shape index (κ2) is 5.32. The van der Waals surface area contributed by atoms with Crippen molar-refractivity contribution in [3.63, 3.8) is 0 Å². The first-order chi connectivity index (χ1) is 12.7. The molecule has 3 fully saturated rings. The highest BCUT2D eigenvalue weighted by Gasteiger charge is 2.53. The van der Waals surface area contributed by atoms with Crippen molar-refractivity contribution >= 4 is 22.1 Å². The Morgan fingerprint density at radius 3 is 2.96 bits per heavy atom. The monoisotopic (exact) mass is 364 g/mol. The average Bonchev–Trinajstić information content (AvgIpc) is 3.25. The van der Waals surface area contributed by atoms with E-state index in [9.17, 15) is 0 Å². The lowest BCUT2D eigenvalue weighted by atomic mass is 9.68. The van der Waals surface area contributed by atoms with Gasteiger partial charge in [0.05, 0.1) is 11.4 Å². The molecule has 3 aromatic heterocycles. The van der Waals surface area contributed by atoms with E-state index >= 15 is 0 Å². The van der Waals surface area contributed by atoms with Gasteiger partial charge in [0.1, 0.15) is 5.82 Å². The van der Waals surface area contributed by atoms with Crippen molar-refractivity contribution in [3.05, 3.63) is 35.6 Å². The van der Waals surface area contributed by atoms with Gasteiger partial charge in [-0.2, -0.15) is 0 Å². The summed E-state index contributed by atoms with van der Waals surface area (Å²) in [6.07, 6.45) is 14.1. The van der Waals surface area contributed by atoms with Crippen LogP contribution in [0.3, 0.4) is 0 Å². The third kappa shape index (κ3) is 2.13. The molecule has 0 radical (unpaired) electrons. The first-order valence-corrected chi connectivity index (χ1v) is 10.8. The number of nitrogen functional groups attached to an aromatic ring is 1. The molecule has 0 saturated heterocycles. The van der Waals surface area contributed by atoms with E-state index in [-0.39, 0.29) is 0 Å². The van der Waals surface area contributed by atoms with E-state index in [0.29, 0.717) is 11.2 Å². The zero-order valence-corrected chi connectivity index (χ0v) is 15.7. The van der Waals surface area contributed by atoms with Crippen LogP contribution in [0.2, 0.25) is 0 Å². The summed E-state index contributed by atoms with van der Waals surface area (Å²) in [5.74, 6) is 3.40. The van der Waals surface area contributed by atoms with Crippen molar-refractivity contribution in [1.82, 2.24) is 14.4 Å². The van der Waals surface area contributed by atoms with E-state index in [1.807, 2.05) is 12.3 Å². The lowest BCUT2D eigenvalue weighted by Gasteiger charge is -2.36. The standard InChI is InChI=1S/C21H24N4S/c22-19-5-4-15(10-23-19)17-12-26-20-24-18(11-25(17)20)21-7-13-2-1-3-14(8-21)16(6-13)9-21/h4-5,10-14,16H,1-3,6-9H2,(H2,22,23). The molecule has 0 aliphatic heterocycles. The number of thiazole rings is 1. The first kappa shape index (κ1) is 15.2. The maximum atomic E-state index is 5.75. The number of imidazole rings is 1. The second-order valence-electron chi connectivity index (χ2n) is 8.82. The van der Waals surface area contributed by atoms with Gasteiger partial charge in [0.2, 0.25) is 0 Å². The quantitative estimate of drug-likeness (QED) is 0.704. The Morgan fingerprint density at radius 1 is 1.15 bits per heavy atom. The number of rotatable bonds is 2. The van der Waals surface area contributed by atoms with Gasteiger partial charge in [-0.05, 0) is 55.6 Å². The van der Waals surface area contributed by atoms with Crippen LogP contribution in [-0.2, 0) is 5.41 Å². The predicted molar refractivity (Wildman–Crippen MR) is 105 cm³/mol. The van der Waals surface area contributed by atoms with Gasteiger partial charge >= 0.3 is 0 Å². The highest BCUT2D eigenvalue weighted by Crippen LogP contribution is 2.60. The van der Waals surface area contributed by atoms with Crippen LogP contribution in [0.1, 0.15) is 50.6 Å². The maximum absolute atomic E-state index is 5.75. The minimum Gasteiger partial charge on any atom is -0.384 e. The predicted octanol–water partition coefficient (Wildman–Crippen LogP) is 4.90. The van der Waals surface area contributed by atoms with Crippen molar-refractivity contribution < 1.29 is 0 Å². The van der Waals surface area contributed by atoms with Crippen LogP contribution >= 0.6 is 11.3 Å². The molecule has 6 rings (SSSR count). The average molecular weight is 365 g/mol. The van der Waals surface area contributed by atoms with Gasteiger partial charge in [0, 0.05) is 28.8 Å². The molecule has 4 nitrogen and oxygen atoms in total. The number of nitrogens with zero attached hydrogens (tertiary/aromatic N) is 3. The van der Waals surface area contributed by atoms with Crippen LogP contribution < -0.4 is 5.73 Å². The van der Waals surface area contributed by atoms with E-state index in [0.717, 1.165) is 28.3 Å². The van der Waals surface area contributed by atoms with Gasteiger partial charge in [-0.25, -0.2) is 9.97 Å². The lowest BCUT2D eigenvalue weighted by Crippen LogP contribution is -2.31. The third-order valence-electron chi connectivity index (χ3n) is 7.31. The topological polar surface area (TPSA) is 56.2 Å². The van der Waals surface area contributed by atoms with Crippen LogP contribution in [0.4, 0.5) is 5.82 Å². The summed E-state index contributed by atoms with van der Waals surface area (Å²) in [4.78, 5) is 10.5. The van der Waals surface area contributed by atoms with Crippen LogP contribution in [-0.4, -0.2) is 14.4 Å². The summed E-state index contributed by atoms with van der Waals surface area (Å²) in [5.41, 5.74) is 9.74. The minimum atomic E-state index is 0.348. The Morgan fingerprint density at radius 2 is 2.08 bits per heavy atom. The number of pyridine rings is 1. The normalized spacial score (nSPS) is 33.0. The molecule has 3 bridgehead atoms. The summed E-state index contributed by atoms with van der Waals surface area (Å²) in [7, 11) is 0. The van der Waals surface area contributed by atoms with Crippen molar-refractivity contribution in [2.45, 2.75) is 50.4 Å². The van der Waals surface area contributed by atoms with Gasteiger partial charge in [0.25, 0.3) is 0 Å². The van der Waals surface area contributed by atoms with Gasteiger partial charge in [-0.3, -0.25) is 4.40 Å². The highest BCUT2D eigenvalue weighted by molar-refractivity contribution is 7.15. The molecule has 5 heteroatoms. The van der Waals surface area contributed by atoms with Crippen LogP contribution in [0.25, 0.3) is 16.2 Å². The number of hydrogen-bond acceptors (Lipinski definition) is 4. The van der Waals surface area contributed by atoms with Crippen molar-refractivity contribution in [3.8, 4) is 11.3 Å². The van der Waals surface area contributed by atoms with Crippen LogP contribution in [0.5, 0.6) is 0 Å². The Hall–Kier alpha value is -1.88. The van der Waals surface area contributed by atoms with Crippen molar-refractivity contribution in [2.24, 2.45) is 17.8 Å². The zero-order valence-electron chi connectivity index (χ0n) is 14.9. The van der Waals surface area contributed by atoms with E-state index in [4.69, 9.17) is 10.7 Å². The second-order valence-corrected chi connectivity index (χ2v) is 9.65. The van der Waals surface area contributed by atoms with E-state index in [1.54, 1.807) is 11.3 Å². The molecule has 2 N–H and O–H groups in total. The molecular weight excluding hydrogens is 340 g/mol. The number of fused-ring (bicyclic) bond motifs is 3. The summed E-state index contributed by atoms with van der Waals surface area (Å²) in [6, 6.07) is 3.93. The van der Waals surface area contributed by atoms with Crippen LogP contribution in [0, 0.1) is 17.8 Å². The van der Waals surface area contributed by atoms with Gasteiger partial charge in [-0.15, -0.1) is 11.3 Å². The molecule has 0 aromatic carbocycles. The summed E-state index contributed by atoms with van der Waals surface area (Å²) in [5, 5.41) is 2.18. The summed E-state index contributed by atoms with van der Waals surface area (Å²) >= 11 is 1.73. The van der Waals surface area contributed by atoms with Crippen molar-refractivity contribution in [2.75, 3.05) is 5.73 Å². The van der Waals surface area contributed by atoms with E-state index in [1.165, 1.54) is 56.3 Å². The number of nitrogens with two attached hydrogens (primary N) is 1. The molecule has 3 aromatic rings. The smallest absolute Gasteiger partial charge is 0.194 e. The fourth-order valence-electron chi connectivity index (χ4n) is 6.27. The van der Waals surface area contributed by atoms with Gasteiger partial charge in [-0.1, -0.05) is 19.3 Å². The molecule has 4 atom stereocenters. The molecule has 3 heterocycles. The van der Waals surface area contributed by atoms with Crippen molar-refractivity contribution in [1.29, 1.82) is 0 Å². The molecule has 26 heavy (non-hydrogen) atoms. The molecule has 0 amide bonds. The lowest BCUT2D eigenvalue weighted by molar-refractivity contribution is 0.215. The molecule has 3 aliphatic rings. The minimum absolute atomic E-state index is 0.348. The Balaban J connectivity index is 1.43. The molecule has 3 aliphatic carbocycles. The largest absolute Gasteiger partial charge is 0.384 e. The molecule has 4 unspecified atom stereocenters.